The van der Waals surface area contributed by atoms with Crippen molar-refractivity contribution in [2.24, 2.45) is 5.73 Å². The first kappa shape index (κ1) is 13.5. The van der Waals surface area contributed by atoms with Gasteiger partial charge in [0.25, 0.3) is 0 Å². The van der Waals surface area contributed by atoms with Crippen LogP contribution in [0, 0.1) is 11.3 Å². The lowest BCUT2D eigenvalue weighted by Crippen LogP contribution is -1.99. The third-order valence-corrected chi connectivity index (χ3v) is 3.18. The molecule has 1 heterocycles. The summed E-state index contributed by atoms with van der Waals surface area (Å²) in [5, 5.41) is 8.78. The number of nitrogens with two attached hydrogens (primary N) is 1. The first-order chi connectivity index (χ1) is 9.22. The van der Waals surface area contributed by atoms with Crippen LogP contribution in [-0.4, -0.2) is 4.98 Å². The second-order valence-corrected chi connectivity index (χ2v) is 4.77. The van der Waals surface area contributed by atoms with Crippen molar-refractivity contribution in [2.45, 2.75) is 13.2 Å². The number of ether oxygens (including phenoxy) is 1. The van der Waals surface area contributed by atoms with E-state index in [9.17, 15) is 0 Å². The molecule has 0 amide bonds. The van der Waals surface area contributed by atoms with E-state index in [1.54, 1.807) is 12.3 Å². The monoisotopic (exact) mass is 317 g/mol. The predicted molar refractivity (Wildman–Crippen MR) is 75.3 cm³/mol. The highest BCUT2D eigenvalue weighted by Crippen LogP contribution is 2.26. The number of nitriles is 1. The molecule has 0 saturated carbocycles. The summed E-state index contributed by atoms with van der Waals surface area (Å²) in [6.07, 6.45) is 1.60. The van der Waals surface area contributed by atoms with Gasteiger partial charge in [0.05, 0.1) is 4.47 Å². The minimum Gasteiger partial charge on any atom is -0.488 e. The van der Waals surface area contributed by atoms with Crippen LogP contribution in [0.25, 0.3) is 0 Å². The number of rotatable bonds is 4. The number of pyridine rings is 1. The molecular weight excluding hydrogens is 306 g/mol. The molecule has 0 saturated heterocycles. The summed E-state index contributed by atoms with van der Waals surface area (Å²) < 4.78 is 6.56. The molecule has 2 N–H and O–H groups in total. The Morgan fingerprint density at radius 2 is 2.11 bits per heavy atom. The Morgan fingerprint density at radius 3 is 2.79 bits per heavy atom. The number of aromatic nitrogens is 1. The van der Waals surface area contributed by atoms with Gasteiger partial charge >= 0.3 is 0 Å². The molecule has 4 nitrogen and oxygen atoms in total. The van der Waals surface area contributed by atoms with Crippen molar-refractivity contribution >= 4 is 15.9 Å². The molecule has 1 aromatic carbocycles. The van der Waals surface area contributed by atoms with Gasteiger partial charge in [-0.25, -0.2) is 4.98 Å². The Kier molecular flexibility index (Phi) is 4.50. The summed E-state index contributed by atoms with van der Waals surface area (Å²) in [5.74, 6) is 0.743. The van der Waals surface area contributed by atoms with E-state index in [-0.39, 0.29) is 0 Å². The molecule has 0 unspecified atom stereocenters. The highest BCUT2D eigenvalue weighted by atomic mass is 79.9. The number of halogens is 1. The second-order valence-electron chi connectivity index (χ2n) is 3.92. The van der Waals surface area contributed by atoms with Crippen molar-refractivity contribution in [1.29, 1.82) is 5.26 Å². The summed E-state index contributed by atoms with van der Waals surface area (Å²) in [4.78, 5) is 3.91. The standard InChI is InChI=1S/C14H12BrN3O/c15-13-6-10(7-16)1-2-14(13)19-9-11-3-4-18-12(5-11)8-17/h1-6H,7,9,16H2. The molecule has 2 aromatic rings. The first-order valence-corrected chi connectivity index (χ1v) is 6.48. The minimum atomic E-state index is 0.387. The van der Waals surface area contributed by atoms with Crippen molar-refractivity contribution in [3.05, 3.63) is 57.8 Å². The molecule has 0 aliphatic carbocycles. The highest BCUT2D eigenvalue weighted by Gasteiger charge is 2.03. The summed E-state index contributed by atoms with van der Waals surface area (Å²) in [7, 11) is 0. The number of hydrogen-bond donors (Lipinski definition) is 1. The zero-order valence-electron chi connectivity index (χ0n) is 10.1. The fourth-order valence-electron chi connectivity index (χ4n) is 1.57. The fourth-order valence-corrected chi connectivity index (χ4v) is 2.12. The van der Waals surface area contributed by atoms with Crippen LogP contribution in [0.5, 0.6) is 5.75 Å². The van der Waals surface area contributed by atoms with Crippen molar-refractivity contribution in [3.8, 4) is 11.8 Å². The summed E-state index contributed by atoms with van der Waals surface area (Å²) in [5.41, 5.74) is 7.90. The lowest BCUT2D eigenvalue weighted by Gasteiger charge is -2.09. The fraction of sp³-hybridized carbons (Fsp3) is 0.143. The van der Waals surface area contributed by atoms with Gasteiger partial charge in [0, 0.05) is 12.7 Å². The SMILES string of the molecule is N#Cc1cc(COc2ccc(CN)cc2Br)ccn1. The van der Waals surface area contributed by atoms with E-state index < -0.39 is 0 Å². The van der Waals surface area contributed by atoms with Crippen LogP contribution in [0.2, 0.25) is 0 Å². The summed E-state index contributed by atoms with van der Waals surface area (Å²) in [6, 6.07) is 11.3. The maximum atomic E-state index is 8.78. The van der Waals surface area contributed by atoms with Crippen LogP contribution >= 0.6 is 15.9 Å². The van der Waals surface area contributed by atoms with Gasteiger partial charge in [-0.3, -0.25) is 0 Å². The van der Waals surface area contributed by atoms with E-state index in [1.807, 2.05) is 30.3 Å². The van der Waals surface area contributed by atoms with Gasteiger partial charge in [0.15, 0.2) is 0 Å². The Hall–Kier alpha value is -1.90. The molecule has 0 radical (unpaired) electrons. The lowest BCUT2D eigenvalue weighted by molar-refractivity contribution is 0.304. The van der Waals surface area contributed by atoms with Crippen molar-refractivity contribution in [3.63, 3.8) is 0 Å². The topological polar surface area (TPSA) is 71.9 Å². The second kappa shape index (κ2) is 6.32. The molecule has 0 atom stereocenters. The average molecular weight is 318 g/mol. The zero-order chi connectivity index (χ0) is 13.7. The number of hydrogen-bond acceptors (Lipinski definition) is 4. The molecular formula is C14H12BrN3O. The third kappa shape index (κ3) is 3.53. The molecule has 2 rings (SSSR count). The van der Waals surface area contributed by atoms with Gasteiger partial charge in [0.1, 0.15) is 24.1 Å². The molecule has 96 valence electrons. The van der Waals surface area contributed by atoms with Crippen molar-refractivity contribution in [2.75, 3.05) is 0 Å². The number of benzene rings is 1. The zero-order valence-corrected chi connectivity index (χ0v) is 11.7. The van der Waals surface area contributed by atoms with Gasteiger partial charge < -0.3 is 10.5 Å². The quantitative estimate of drug-likeness (QED) is 0.941. The van der Waals surface area contributed by atoms with Crippen LogP contribution in [0.3, 0.4) is 0 Å². The van der Waals surface area contributed by atoms with Gasteiger partial charge in [-0.05, 0) is 51.3 Å². The van der Waals surface area contributed by atoms with Crippen LogP contribution in [0.1, 0.15) is 16.8 Å². The van der Waals surface area contributed by atoms with Gasteiger partial charge in [0.2, 0.25) is 0 Å². The van der Waals surface area contributed by atoms with E-state index in [0.717, 1.165) is 21.3 Å². The van der Waals surface area contributed by atoms with Gasteiger partial charge in [-0.15, -0.1) is 0 Å². The summed E-state index contributed by atoms with van der Waals surface area (Å²) in [6.45, 7) is 0.881. The Balaban J connectivity index is 2.08. The first-order valence-electron chi connectivity index (χ1n) is 5.69. The maximum Gasteiger partial charge on any atom is 0.140 e. The summed E-state index contributed by atoms with van der Waals surface area (Å²) >= 11 is 3.44. The van der Waals surface area contributed by atoms with Crippen LogP contribution in [0.15, 0.2) is 41.0 Å². The molecule has 0 aliphatic heterocycles. The molecule has 1 aromatic heterocycles. The Morgan fingerprint density at radius 1 is 1.26 bits per heavy atom. The van der Waals surface area contributed by atoms with E-state index in [1.165, 1.54) is 0 Å². The van der Waals surface area contributed by atoms with Gasteiger partial charge in [-0.2, -0.15) is 5.26 Å². The Bertz CT molecular complexity index is 622. The molecule has 0 fully saturated rings. The van der Waals surface area contributed by atoms with Gasteiger partial charge in [-0.1, -0.05) is 6.07 Å². The average Bonchev–Trinajstić information content (AvgIpc) is 2.46. The van der Waals surface area contributed by atoms with E-state index in [2.05, 4.69) is 20.9 Å². The van der Waals surface area contributed by atoms with Crippen LogP contribution in [-0.2, 0) is 13.2 Å². The van der Waals surface area contributed by atoms with Crippen LogP contribution in [0.4, 0.5) is 0 Å². The highest BCUT2D eigenvalue weighted by molar-refractivity contribution is 9.10. The smallest absolute Gasteiger partial charge is 0.140 e. The van der Waals surface area contributed by atoms with E-state index in [4.69, 9.17) is 15.7 Å². The normalized spacial score (nSPS) is 9.95. The minimum absolute atomic E-state index is 0.387. The molecule has 0 spiro atoms. The maximum absolute atomic E-state index is 8.78. The van der Waals surface area contributed by atoms with Crippen molar-refractivity contribution in [1.82, 2.24) is 4.98 Å². The van der Waals surface area contributed by atoms with Crippen molar-refractivity contribution < 1.29 is 4.74 Å². The third-order valence-electron chi connectivity index (χ3n) is 2.57. The molecule has 0 bridgehead atoms. The van der Waals surface area contributed by atoms with E-state index >= 15 is 0 Å². The Labute approximate surface area is 120 Å². The van der Waals surface area contributed by atoms with Crippen LogP contribution < -0.4 is 10.5 Å². The molecule has 5 heteroatoms. The largest absolute Gasteiger partial charge is 0.488 e. The van der Waals surface area contributed by atoms with E-state index in [0.29, 0.717) is 18.8 Å². The molecule has 0 aliphatic rings. The lowest BCUT2D eigenvalue weighted by atomic mass is 10.2. The predicted octanol–water partition coefficient (Wildman–Crippen LogP) is 2.75. The molecule has 19 heavy (non-hydrogen) atoms. The number of nitrogens with zero attached hydrogens (tertiary/aromatic N) is 2.